The first-order chi connectivity index (χ1) is 17.8. The first-order valence-electron chi connectivity index (χ1n) is 12.5. The molecule has 1 atom stereocenters. The molecule has 4 aromatic rings. The molecule has 0 spiro atoms. The largest absolute Gasteiger partial charge is 0.345 e. The van der Waals surface area contributed by atoms with Crippen molar-refractivity contribution in [2.45, 2.75) is 37.6 Å². The van der Waals surface area contributed by atoms with Crippen molar-refractivity contribution >= 4 is 26.8 Å². The van der Waals surface area contributed by atoms with Crippen LogP contribution >= 0.6 is 0 Å². The number of rotatable bonds is 6. The van der Waals surface area contributed by atoms with Crippen LogP contribution in [-0.4, -0.2) is 41.7 Å². The summed E-state index contributed by atoms with van der Waals surface area (Å²) in [5, 5.41) is 3.56. The Labute approximate surface area is 217 Å². The van der Waals surface area contributed by atoms with Crippen molar-refractivity contribution in [1.82, 2.24) is 19.6 Å². The molecule has 2 aromatic carbocycles. The van der Waals surface area contributed by atoms with Crippen molar-refractivity contribution in [1.29, 1.82) is 0 Å². The summed E-state index contributed by atoms with van der Waals surface area (Å²) >= 11 is 0. The van der Waals surface area contributed by atoms with Crippen molar-refractivity contribution in [3.05, 3.63) is 90.3 Å². The molecule has 0 saturated carbocycles. The van der Waals surface area contributed by atoms with Crippen LogP contribution in [-0.2, 0) is 10.0 Å². The highest BCUT2D eigenvalue weighted by molar-refractivity contribution is 7.89. The molecule has 0 unspecified atom stereocenters. The number of pyridine rings is 2. The molecule has 1 fully saturated rings. The van der Waals surface area contributed by atoms with Gasteiger partial charge in [-0.2, -0.15) is 4.31 Å². The second-order valence-electron chi connectivity index (χ2n) is 9.67. The predicted molar refractivity (Wildman–Crippen MR) is 144 cm³/mol. The number of hydrogen-bond donors (Lipinski definition) is 1. The molecule has 1 aliphatic rings. The Balaban J connectivity index is 1.58. The van der Waals surface area contributed by atoms with Crippen LogP contribution in [0.3, 0.4) is 0 Å². The van der Waals surface area contributed by atoms with Crippen molar-refractivity contribution in [3.8, 4) is 11.3 Å². The van der Waals surface area contributed by atoms with Crippen molar-refractivity contribution in [2.24, 2.45) is 5.92 Å². The number of hydrogen-bond acceptors (Lipinski definition) is 5. The Bertz CT molecular complexity index is 1520. The van der Waals surface area contributed by atoms with E-state index < -0.39 is 10.0 Å². The summed E-state index contributed by atoms with van der Waals surface area (Å²) in [5.41, 5.74) is 3.26. The number of fused-ring (bicyclic) bond motifs is 1. The second-order valence-corrected chi connectivity index (χ2v) is 11.6. The Hall–Kier alpha value is -3.62. The van der Waals surface area contributed by atoms with Gasteiger partial charge in [0, 0.05) is 36.4 Å². The number of sulfonamides is 1. The zero-order chi connectivity index (χ0) is 26.0. The monoisotopic (exact) mass is 514 g/mol. The van der Waals surface area contributed by atoms with Gasteiger partial charge in [0.25, 0.3) is 5.91 Å². The summed E-state index contributed by atoms with van der Waals surface area (Å²) in [6.45, 7) is 5.07. The summed E-state index contributed by atoms with van der Waals surface area (Å²) in [7, 11) is -3.68. The van der Waals surface area contributed by atoms with Crippen LogP contribution in [0.4, 0.5) is 0 Å². The van der Waals surface area contributed by atoms with E-state index in [2.05, 4.69) is 17.2 Å². The minimum atomic E-state index is -3.68. The minimum absolute atomic E-state index is 0.177. The Kier molecular flexibility index (Phi) is 7.04. The molecule has 0 radical (unpaired) electrons. The van der Waals surface area contributed by atoms with Crippen LogP contribution < -0.4 is 5.32 Å². The van der Waals surface area contributed by atoms with Gasteiger partial charge in [-0.25, -0.2) is 13.4 Å². The first kappa shape index (κ1) is 25.0. The SMILES string of the molecule is CC1CCN(S(=O)(=O)c2ccc3nc(-c4cccnc4)cc(C(=O)N[C@@H](C)c4ccccc4)c3c2)CC1. The zero-order valence-electron chi connectivity index (χ0n) is 21.0. The molecule has 1 saturated heterocycles. The van der Waals surface area contributed by atoms with E-state index in [1.165, 1.54) is 0 Å². The third-order valence-electron chi connectivity index (χ3n) is 7.01. The van der Waals surface area contributed by atoms with E-state index in [1.807, 2.05) is 49.4 Å². The van der Waals surface area contributed by atoms with E-state index in [4.69, 9.17) is 4.98 Å². The third-order valence-corrected chi connectivity index (χ3v) is 8.90. The summed E-state index contributed by atoms with van der Waals surface area (Å²) in [4.78, 5) is 22.7. The molecule has 2 aromatic heterocycles. The van der Waals surface area contributed by atoms with Gasteiger partial charge >= 0.3 is 0 Å². The Morgan fingerprint density at radius 2 is 1.78 bits per heavy atom. The smallest absolute Gasteiger partial charge is 0.252 e. The molecule has 7 nitrogen and oxygen atoms in total. The Morgan fingerprint density at radius 1 is 1.03 bits per heavy atom. The molecule has 1 amide bonds. The van der Waals surface area contributed by atoms with Gasteiger partial charge in [-0.1, -0.05) is 37.3 Å². The maximum atomic E-state index is 13.6. The molecule has 1 aliphatic heterocycles. The van der Waals surface area contributed by atoms with E-state index in [0.717, 1.165) is 24.0 Å². The summed E-state index contributed by atoms with van der Waals surface area (Å²) in [5.74, 6) is 0.218. The lowest BCUT2D eigenvalue weighted by atomic mass is 10.0. The number of benzene rings is 2. The van der Waals surface area contributed by atoms with Gasteiger partial charge in [0.15, 0.2) is 0 Å². The third kappa shape index (κ3) is 5.26. The molecule has 3 heterocycles. The molecule has 0 aliphatic carbocycles. The number of nitrogens with zero attached hydrogens (tertiary/aromatic N) is 3. The fraction of sp³-hybridized carbons (Fsp3) is 0.276. The number of nitrogens with one attached hydrogen (secondary N) is 1. The highest BCUT2D eigenvalue weighted by Crippen LogP contribution is 2.30. The Morgan fingerprint density at radius 3 is 2.49 bits per heavy atom. The standard InChI is InChI=1S/C29H30N4O3S/c1-20-12-15-33(16-13-20)37(35,36)24-10-11-27-25(17-24)26(18-28(32-27)23-9-6-14-30-19-23)29(34)31-21(2)22-7-4-3-5-8-22/h3-11,14,17-21H,12-13,15-16H2,1-2H3,(H,31,34)/t21-/m0/s1. The van der Waals surface area contributed by atoms with Crippen LogP contribution in [0.2, 0.25) is 0 Å². The van der Waals surface area contributed by atoms with E-state index in [9.17, 15) is 13.2 Å². The van der Waals surface area contributed by atoms with Gasteiger partial charge in [0.1, 0.15) is 0 Å². The van der Waals surface area contributed by atoms with Crippen LogP contribution in [0.25, 0.3) is 22.2 Å². The lowest BCUT2D eigenvalue weighted by molar-refractivity contribution is 0.0941. The molecule has 37 heavy (non-hydrogen) atoms. The lowest BCUT2D eigenvalue weighted by Crippen LogP contribution is -2.37. The topological polar surface area (TPSA) is 92.3 Å². The van der Waals surface area contributed by atoms with Gasteiger partial charge in [0.05, 0.1) is 27.7 Å². The summed E-state index contributed by atoms with van der Waals surface area (Å²) in [6.07, 6.45) is 5.05. The number of carbonyl (C=O) groups excluding carboxylic acids is 1. The van der Waals surface area contributed by atoms with E-state index in [1.54, 1.807) is 41.0 Å². The molecule has 1 N–H and O–H groups in total. The van der Waals surface area contributed by atoms with Crippen molar-refractivity contribution in [3.63, 3.8) is 0 Å². The lowest BCUT2D eigenvalue weighted by Gasteiger charge is -2.29. The van der Waals surface area contributed by atoms with Crippen molar-refractivity contribution in [2.75, 3.05) is 13.1 Å². The fourth-order valence-corrected chi connectivity index (χ4v) is 6.19. The number of amides is 1. The first-order valence-corrected chi connectivity index (χ1v) is 14.0. The van der Waals surface area contributed by atoms with Crippen LogP contribution in [0.1, 0.15) is 48.7 Å². The second kappa shape index (κ2) is 10.4. The zero-order valence-corrected chi connectivity index (χ0v) is 21.8. The summed E-state index contributed by atoms with van der Waals surface area (Å²) < 4.78 is 28.5. The average Bonchev–Trinajstić information content (AvgIpc) is 2.93. The summed E-state index contributed by atoms with van der Waals surface area (Å²) in [6, 6.07) is 19.7. The molecule has 5 rings (SSSR count). The molecule has 0 bridgehead atoms. The predicted octanol–water partition coefficient (Wildman–Crippen LogP) is 5.21. The quantitative estimate of drug-likeness (QED) is 0.381. The minimum Gasteiger partial charge on any atom is -0.345 e. The average molecular weight is 515 g/mol. The normalized spacial score (nSPS) is 15.9. The van der Waals surface area contributed by atoms with Crippen LogP contribution in [0, 0.1) is 5.92 Å². The maximum absolute atomic E-state index is 13.6. The van der Waals surface area contributed by atoms with Crippen molar-refractivity contribution < 1.29 is 13.2 Å². The fourth-order valence-electron chi connectivity index (χ4n) is 4.69. The van der Waals surface area contributed by atoms with E-state index in [-0.39, 0.29) is 16.8 Å². The van der Waals surface area contributed by atoms with Gasteiger partial charge < -0.3 is 5.32 Å². The molecular weight excluding hydrogens is 484 g/mol. The molecule has 8 heteroatoms. The van der Waals surface area contributed by atoms with E-state index in [0.29, 0.717) is 41.2 Å². The molecular formula is C29H30N4O3S. The number of carbonyl (C=O) groups is 1. The van der Waals surface area contributed by atoms with Crippen LogP contribution in [0.15, 0.2) is 84.0 Å². The van der Waals surface area contributed by atoms with Gasteiger partial charge in [-0.15, -0.1) is 0 Å². The van der Waals surface area contributed by atoms with Gasteiger partial charge in [0.2, 0.25) is 10.0 Å². The van der Waals surface area contributed by atoms with Gasteiger partial charge in [-0.3, -0.25) is 9.78 Å². The van der Waals surface area contributed by atoms with Crippen LogP contribution in [0.5, 0.6) is 0 Å². The van der Waals surface area contributed by atoms with E-state index >= 15 is 0 Å². The maximum Gasteiger partial charge on any atom is 0.252 e. The number of piperidine rings is 1. The number of aromatic nitrogens is 2. The van der Waals surface area contributed by atoms with Gasteiger partial charge in [-0.05, 0) is 67.6 Å². The highest BCUT2D eigenvalue weighted by Gasteiger charge is 2.29. The highest BCUT2D eigenvalue weighted by atomic mass is 32.2. The molecule has 190 valence electrons.